The van der Waals surface area contributed by atoms with Crippen LogP contribution in [0.2, 0.25) is 0 Å². The second-order valence-corrected chi connectivity index (χ2v) is 6.40. The van der Waals surface area contributed by atoms with Crippen molar-refractivity contribution in [2.24, 2.45) is 0 Å². The summed E-state index contributed by atoms with van der Waals surface area (Å²) in [4.78, 5) is 15.0. The Morgan fingerprint density at radius 2 is 2.23 bits per heavy atom. The highest BCUT2D eigenvalue weighted by Gasteiger charge is 2.34. The summed E-state index contributed by atoms with van der Waals surface area (Å²) in [6, 6.07) is 8.20. The average molecular weight is 301 g/mol. The summed E-state index contributed by atoms with van der Waals surface area (Å²) in [5.41, 5.74) is 2.59. The normalized spacial score (nSPS) is 21.0. The van der Waals surface area contributed by atoms with Crippen molar-refractivity contribution in [1.82, 2.24) is 4.98 Å². The van der Waals surface area contributed by atoms with Gasteiger partial charge in [0.2, 0.25) is 0 Å². The van der Waals surface area contributed by atoms with Crippen LogP contribution in [-0.2, 0) is 9.47 Å². The number of aromatic amines is 1. The van der Waals surface area contributed by atoms with Crippen LogP contribution >= 0.6 is 0 Å². The van der Waals surface area contributed by atoms with Crippen LogP contribution < -0.4 is 0 Å². The molecule has 118 valence electrons. The summed E-state index contributed by atoms with van der Waals surface area (Å²) in [5, 5.41) is 1.04. The highest BCUT2D eigenvalue weighted by molar-refractivity contribution is 5.95. The summed E-state index contributed by atoms with van der Waals surface area (Å²) < 4.78 is 11.0. The van der Waals surface area contributed by atoms with Crippen molar-refractivity contribution >= 4 is 16.9 Å². The van der Waals surface area contributed by atoms with Gasteiger partial charge in [0.15, 0.2) is 0 Å². The minimum absolute atomic E-state index is 0.147. The van der Waals surface area contributed by atoms with E-state index in [1.165, 1.54) is 5.56 Å². The SMILES string of the molecule is CCOC(=O)c1cc2cc(C3CCCOC3(C)C)ccc2[nH]1. The smallest absolute Gasteiger partial charge is 0.354 e. The molecule has 0 spiro atoms. The molecule has 1 unspecified atom stereocenters. The molecule has 0 bridgehead atoms. The van der Waals surface area contributed by atoms with Gasteiger partial charge in [-0.05, 0) is 57.4 Å². The second-order valence-electron chi connectivity index (χ2n) is 6.40. The van der Waals surface area contributed by atoms with Crippen LogP contribution in [0.1, 0.15) is 55.6 Å². The third-order valence-corrected chi connectivity index (χ3v) is 4.49. The molecule has 3 rings (SSSR count). The lowest BCUT2D eigenvalue weighted by Gasteiger charge is -2.39. The van der Waals surface area contributed by atoms with E-state index in [-0.39, 0.29) is 11.6 Å². The number of benzene rings is 1. The van der Waals surface area contributed by atoms with Crippen LogP contribution in [0.3, 0.4) is 0 Å². The summed E-state index contributed by atoms with van der Waals surface area (Å²) in [6.07, 6.45) is 2.22. The quantitative estimate of drug-likeness (QED) is 0.871. The van der Waals surface area contributed by atoms with Crippen molar-refractivity contribution in [3.05, 3.63) is 35.5 Å². The first kappa shape index (κ1) is 15.1. The van der Waals surface area contributed by atoms with Crippen molar-refractivity contribution in [2.45, 2.75) is 45.1 Å². The van der Waals surface area contributed by atoms with Crippen LogP contribution in [0.25, 0.3) is 10.9 Å². The number of carbonyl (C=O) groups is 1. The van der Waals surface area contributed by atoms with E-state index in [1.54, 1.807) is 0 Å². The third-order valence-electron chi connectivity index (χ3n) is 4.49. The predicted octanol–water partition coefficient (Wildman–Crippen LogP) is 4.02. The number of nitrogens with one attached hydrogen (secondary N) is 1. The van der Waals surface area contributed by atoms with E-state index < -0.39 is 0 Å². The number of hydrogen-bond acceptors (Lipinski definition) is 3. The second kappa shape index (κ2) is 5.76. The molecular formula is C18H23NO3. The van der Waals surface area contributed by atoms with Crippen LogP contribution in [0, 0.1) is 0 Å². The zero-order valence-corrected chi connectivity index (χ0v) is 13.4. The molecule has 0 radical (unpaired) electrons. The topological polar surface area (TPSA) is 51.3 Å². The Morgan fingerprint density at radius 1 is 1.41 bits per heavy atom. The Morgan fingerprint density at radius 3 is 2.95 bits per heavy atom. The number of carbonyl (C=O) groups excluding carboxylic acids is 1. The van der Waals surface area contributed by atoms with Crippen molar-refractivity contribution in [1.29, 1.82) is 0 Å². The zero-order chi connectivity index (χ0) is 15.7. The molecule has 22 heavy (non-hydrogen) atoms. The lowest BCUT2D eigenvalue weighted by atomic mass is 9.79. The largest absolute Gasteiger partial charge is 0.461 e. The van der Waals surface area contributed by atoms with E-state index in [1.807, 2.05) is 19.1 Å². The van der Waals surface area contributed by atoms with Crippen molar-refractivity contribution < 1.29 is 14.3 Å². The first-order chi connectivity index (χ1) is 10.5. The zero-order valence-electron chi connectivity index (χ0n) is 13.4. The van der Waals surface area contributed by atoms with Gasteiger partial charge in [0.1, 0.15) is 5.69 Å². The Labute approximate surface area is 130 Å². The monoisotopic (exact) mass is 301 g/mol. The van der Waals surface area contributed by atoms with Gasteiger partial charge < -0.3 is 14.5 Å². The lowest BCUT2D eigenvalue weighted by Crippen LogP contribution is -2.37. The number of aromatic nitrogens is 1. The van der Waals surface area contributed by atoms with Crippen LogP contribution in [0.15, 0.2) is 24.3 Å². The van der Waals surface area contributed by atoms with Gasteiger partial charge in [-0.3, -0.25) is 0 Å². The number of H-pyrrole nitrogens is 1. The molecule has 1 N–H and O–H groups in total. The fourth-order valence-electron chi connectivity index (χ4n) is 3.33. The van der Waals surface area contributed by atoms with E-state index in [0.29, 0.717) is 18.2 Å². The fraction of sp³-hybridized carbons (Fsp3) is 0.500. The summed E-state index contributed by atoms with van der Waals surface area (Å²) in [5.74, 6) is 0.0770. The predicted molar refractivity (Wildman–Crippen MR) is 86.3 cm³/mol. The third kappa shape index (κ3) is 2.75. The molecule has 0 amide bonds. The van der Waals surface area contributed by atoms with Gasteiger partial charge in [0.05, 0.1) is 12.2 Å². The maximum atomic E-state index is 11.8. The van der Waals surface area contributed by atoms with Gasteiger partial charge in [-0.2, -0.15) is 0 Å². The minimum atomic E-state index is -0.304. The number of hydrogen-bond donors (Lipinski definition) is 1. The standard InChI is InChI=1S/C18H23NO3/c1-4-21-17(20)16-11-13-10-12(7-8-15(13)19-16)14-6-5-9-22-18(14,2)3/h7-8,10-11,14,19H,4-6,9H2,1-3H3. The first-order valence-electron chi connectivity index (χ1n) is 7.95. The molecule has 1 saturated heterocycles. The molecule has 4 heteroatoms. The van der Waals surface area contributed by atoms with E-state index in [0.717, 1.165) is 30.4 Å². The number of rotatable bonds is 3. The number of fused-ring (bicyclic) bond motifs is 1. The maximum absolute atomic E-state index is 11.8. The first-order valence-corrected chi connectivity index (χ1v) is 7.95. The number of esters is 1. The molecule has 4 nitrogen and oxygen atoms in total. The van der Waals surface area contributed by atoms with E-state index in [2.05, 4.69) is 31.0 Å². The summed E-state index contributed by atoms with van der Waals surface area (Å²) in [6.45, 7) is 7.34. The molecule has 1 aliphatic rings. The van der Waals surface area contributed by atoms with Gasteiger partial charge >= 0.3 is 5.97 Å². The van der Waals surface area contributed by atoms with Crippen molar-refractivity contribution in [3.8, 4) is 0 Å². The Kier molecular flexibility index (Phi) is 3.96. The maximum Gasteiger partial charge on any atom is 0.354 e. The van der Waals surface area contributed by atoms with Gasteiger partial charge in [-0.15, -0.1) is 0 Å². The fourth-order valence-corrected chi connectivity index (χ4v) is 3.33. The Balaban J connectivity index is 1.94. The van der Waals surface area contributed by atoms with Gasteiger partial charge in [0, 0.05) is 23.4 Å². The van der Waals surface area contributed by atoms with E-state index in [4.69, 9.17) is 9.47 Å². The Hall–Kier alpha value is -1.81. The molecule has 2 heterocycles. The van der Waals surface area contributed by atoms with Crippen molar-refractivity contribution in [3.63, 3.8) is 0 Å². The highest BCUT2D eigenvalue weighted by atomic mass is 16.5. The highest BCUT2D eigenvalue weighted by Crippen LogP contribution is 2.39. The lowest BCUT2D eigenvalue weighted by molar-refractivity contribution is -0.0680. The van der Waals surface area contributed by atoms with Crippen LogP contribution in [0.4, 0.5) is 0 Å². The van der Waals surface area contributed by atoms with Gasteiger partial charge in [0.25, 0.3) is 0 Å². The molecule has 1 aromatic carbocycles. The van der Waals surface area contributed by atoms with E-state index >= 15 is 0 Å². The summed E-state index contributed by atoms with van der Waals surface area (Å²) in [7, 11) is 0. The molecule has 2 aromatic rings. The summed E-state index contributed by atoms with van der Waals surface area (Å²) >= 11 is 0. The molecule has 0 saturated carbocycles. The molecule has 1 fully saturated rings. The van der Waals surface area contributed by atoms with E-state index in [9.17, 15) is 4.79 Å². The number of ether oxygens (including phenoxy) is 2. The molecule has 1 aromatic heterocycles. The molecular weight excluding hydrogens is 278 g/mol. The van der Waals surface area contributed by atoms with Gasteiger partial charge in [-0.25, -0.2) is 4.79 Å². The van der Waals surface area contributed by atoms with Gasteiger partial charge in [-0.1, -0.05) is 6.07 Å². The van der Waals surface area contributed by atoms with Crippen LogP contribution in [0.5, 0.6) is 0 Å². The van der Waals surface area contributed by atoms with Crippen molar-refractivity contribution in [2.75, 3.05) is 13.2 Å². The Bertz CT molecular complexity index is 687. The van der Waals surface area contributed by atoms with Crippen LogP contribution in [-0.4, -0.2) is 29.8 Å². The minimum Gasteiger partial charge on any atom is -0.461 e. The molecule has 1 atom stereocenters. The molecule has 0 aliphatic carbocycles. The molecule has 1 aliphatic heterocycles. The average Bonchev–Trinajstić information content (AvgIpc) is 2.90.